The van der Waals surface area contributed by atoms with E-state index in [9.17, 15) is 25.5 Å². The summed E-state index contributed by atoms with van der Waals surface area (Å²) in [5.74, 6) is 1.09. The summed E-state index contributed by atoms with van der Waals surface area (Å²) in [5.41, 5.74) is 1.87. The maximum absolute atomic E-state index is 10.2. The highest BCUT2D eigenvalue weighted by Crippen LogP contribution is 2.28. The van der Waals surface area contributed by atoms with Gasteiger partial charge in [-0.25, -0.2) is 0 Å². The third-order valence-electron chi connectivity index (χ3n) is 4.89. The van der Waals surface area contributed by atoms with Crippen molar-refractivity contribution in [2.24, 2.45) is 0 Å². The lowest BCUT2D eigenvalue weighted by Gasteiger charge is -2.39. The van der Waals surface area contributed by atoms with Crippen LogP contribution in [-0.2, 0) is 17.6 Å². The molecule has 1 aliphatic heterocycles. The van der Waals surface area contributed by atoms with Gasteiger partial charge in [0.15, 0.2) is 0 Å². The molecule has 5 N–H and O–H groups in total. The number of hydrogen-bond donors (Lipinski definition) is 5. The van der Waals surface area contributed by atoms with Gasteiger partial charge in [-0.2, -0.15) is 0 Å². The lowest BCUT2D eigenvalue weighted by Crippen LogP contribution is -2.60. The average molecular weight is 406 g/mol. The van der Waals surface area contributed by atoms with E-state index in [2.05, 4.69) is 0 Å². The van der Waals surface area contributed by atoms with Crippen LogP contribution in [0.4, 0.5) is 0 Å². The van der Waals surface area contributed by atoms with Crippen LogP contribution >= 0.6 is 0 Å². The average Bonchev–Trinajstić information content (AvgIpc) is 2.72. The molecule has 5 atom stereocenters. The predicted molar refractivity (Wildman–Crippen MR) is 103 cm³/mol. The normalized spacial score (nSPS) is 26.9. The molecule has 3 rings (SSSR count). The number of aromatic hydroxyl groups is 1. The van der Waals surface area contributed by atoms with Crippen LogP contribution in [0.2, 0.25) is 0 Å². The molecule has 0 aromatic heterocycles. The Hall–Kier alpha value is -2.36. The Morgan fingerprint density at radius 1 is 0.897 bits per heavy atom. The van der Waals surface area contributed by atoms with Crippen molar-refractivity contribution in [2.45, 2.75) is 43.5 Å². The molecule has 0 bridgehead atoms. The second-order valence-electron chi connectivity index (χ2n) is 7.00. The van der Waals surface area contributed by atoms with E-state index in [0.717, 1.165) is 11.1 Å². The Labute approximate surface area is 168 Å². The first-order valence-corrected chi connectivity index (χ1v) is 9.34. The molecular formula is C21H26O8. The first-order chi connectivity index (χ1) is 13.9. The minimum atomic E-state index is -1.51. The molecule has 2 aromatic rings. The van der Waals surface area contributed by atoms with E-state index in [4.69, 9.17) is 14.2 Å². The topological polar surface area (TPSA) is 129 Å². The van der Waals surface area contributed by atoms with Crippen molar-refractivity contribution in [2.75, 3.05) is 13.7 Å². The first kappa shape index (κ1) is 21.4. The zero-order valence-corrected chi connectivity index (χ0v) is 16.0. The monoisotopic (exact) mass is 406 g/mol. The highest BCUT2D eigenvalue weighted by Gasteiger charge is 2.44. The summed E-state index contributed by atoms with van der Waals surface area (Å²) in [4.78, 5) is 0. The van der Waals surface area contributed by atoms with Crippen molar-refractivity contribution in [3.63, 3.8) is 0 Å². The Morgan fingerprint density at radius 3 is 2.31 bits per heavy atom. The SMILES string of the molecule is COc1cc(CCc2cccc(O)c2)cc(O[C@H]2O[C@@H](CO)[C@H](O)[C@@H](O)[C@@H]2O)c1. The van der Waals surface area contributed by atoms with Gasteiger partial charge in [0.2, 0.25) is 6.29 Å². The van der Waals surface area contributed by atoms with Crippen LogP contribution in [-0.4, -0.2) is 70.0 Å². The van der Waals surface area contributed by atoms with Crippen molar-refractivity contribution in [1.29, 1.82) is 0 Å². The number of methoxy groups -OCH3 is 1. The largest absolute Gasteiger partial charge is 0.508 e. The zero-order chi connectivity index (χ0) is 21.0. The van der Waals surface area contributed by atoms with Crippen LogP contribution in [0.3, 0.4) is 0 Å². The second kappa shape index (κ2) is 9.43. The molecule has 8 nitrogen and oxygen atoms in total. The van der Waals surface area contributed by atoms with Gasteiger partial charge in [0.05, 0.1) is 13.7 Å². The van der Waals surface area contributed by atoms with E-state index in [1.807, 2.05) is 12.1 Å². The summed E-state index contributed by atoms with van der Waals surface area (Å²) in [7, 11) is 1.52. The van der Waals surface area contributed by atoms with Gasteiger partial charge in [-0.15, -0.1) is 0 Å². The molecule has 29 heavy (non-hydrogen) atoms. The molecule has 158 valence electrons. The van der Waals surface area contributed by atoms with Crippen molar-refractivity contribution in [1.82, 2.24) is 0 Å². The molecule has 1 aliphatic rings. The Morgan fingerprint density at radius 2 is 1.62 bits per heavy atom. The Balaban J connectivity index is 1.74. The molecule has 0 amide bonds. The van der Waals surface area contributed by atoms with Crippen LogP contribution < -0.4 is 9.47 Å². The maximum atomic E-state index is 10.2. The van der Waals surface area contributed by atoms with Gasteiger partial charge in [0.1, 0.15) is 41.7 Å². The molecule has 0 spiro atoms. The number of phenolic OH excluding ortho intramolecular Hbond substituents is 1. The molecule has 0 unspecified atom stereocenters. The maximum Gasteiger partial charge on any atom is 0.229 e. The first-order valence-electron chi connectivity index (χ1n) is 9.34. The molecule has 2 aromatic carbocycles. The standard InChI is InChI=1S/C21H26O8/c1-27-15-8-13(6-5-12-3-2-4-14(23)7-12)9-16(10-15)28-21-20(26)19(25)18(24)17(11-22)29-21/h2-4,7-10,17-26H,5-6,11H2,1H3/t17-,18-,19+,20-,21-/m0/s1. The Kier molecular flexibility index (Phi) is 6.94. The number of ether oxygens (including phenoxy) is 3. The van der Waals surface area contributed by atoms with Crippen LogP contribution in [0.25, 0.3) is 0 Å². The van der Waals surface area contributed by atoms with Gasteiger partial charge in [-0.05, 0) is 48.2 Å². The number of aliphatic hydroxyl groups excluding tert-OH is 4. The minimum absolute atomic E-state index is 0.208. The number of aryl methyl sites for hydroxylation is 2. The van der Waals surface area contributed by atoms with Crippen molar-refractivity contribution in [3.8, 4) is 17.2 Å². The van der Waals surface area contributed by atoms with Gasteiger partial charge in [-0.1, -0.05) is 12.1 Å². The van der Waals surface area contributed by atoms with E-state index >= 15 is 0 Å². The lowest BCUT2D eigenvalue weighted by molar-refractivity contribution is -0.277. The summed E-state index contributed by atoms with van der Waals surface area (Å²) >= 11 is 0. The number of phenols is 1. The number of aliphatic hydroxyl groups is 4. The number of hydrogen-bond acceptors (Lipinski definition) is 8. The van der Waals surface area contributed by atoms with E-state index in [1.54, 1.807) is 30.3 Å². The van der Waals surface area contributed by atoms with Gasteiger partial charge < -0.3 is 39.7 Å². The summed E-state index contributed by atoms with van der Waals surface area (Å²) in [6.07, 6.45) is -5.44. The fraction of sp³-hybridized carbons (Fsp3) is 0.429. The molecule has 0 saturated carbocycles. The van der Waals surface area contributed by atoms with Gasteiger partial charge in [0.25, 0.3) is 0 Å². The van der Waals surface area contributed by atoms with Crippen LogP contribution in [0.1, 0.15) is 11.1 Å². The third-order valence-corrected chi connectivity index (χ3v) is 4.89. The van der Waals surface area contributed by atoms with Crippen LogP contribution in [0.15, 0.2) is 42.5 Å². The van der Waals surface area contributed by atoms with Gasteiger partial charge >= 0.3 is 0 Å². The van der Waals surface area contributed by atoms with Crippen molar-refractivity contribution >= 4 is 0 Å². The number of benzene rings is 2. The zero-order valence-electron chi connectivity index (χ0n) is 16.0. The van der Waals surface area contributed by atoms with E-state index in [1.165, 1.54) is 7.11 Å². The van der Waals surface area contributed by atoms with Crippen molar-refractivity contribution in [3.05, 3.63) is 53.6 Å². The second-order valence-corrected chi connectivity index (χ2v) is 7.00. The summed E-state index contributed by atoms with van der Waals surface area (Å²) in [6.45, 7) is -0.530. The number of rotatable bonds is 7. The Bertz CT molecular complexity index is 809. The smallest absolute Gasteiger partial charge is 0.229 e. The molecule has 1 fully saturated rings. The predicted octanol–water partition coefficient (Wildman–Crippen LogP) is 0.365. The molecule has 1 heterocycles. The van der Waals surface area contributed by atoms with Gasteiger partial charge in [0, 0.05) is 6.07 Å². The van der Waals surface area contributed by atoms with E-state index in [0.29, 0.717) is 24.3 Å². The fourth-order valence-electron chi connectivity index (χ4n) is 3.26. The highest BCUT2D eigenvalue weighted by atomic mass is 16.7. The van der Waals surface area contributed by atoms with E-state index in [-0.39, 0.29) is 5.75 Å². The molecule has 0 radical (unpaired) electrons. The summed E-state index contributed by atoms with van der Waals surface area (Å²) in [5, 5.41) is 48.8. The molecular weight excluding hydrogens is 380 g/mol. The summed E-state index contributed by atoms with van der Waals surface area (Å²) < 4.78 is 16.4. The van der Waals surface area contributed by atoms with Crippen LogP contribution in [0, 0.1) is 0 Å². The van der Waals surface area contributed by atoms with Crippen LogP contribution in [0.5, 0.6) is 17.2 Å². The molecule has 8 heteroatoms. The summed E-state index contributed by atoms with van der Waals surface area (Å²) in [6, 6.07) is 12.2. The third kappa shape index (κ3) is 5.17. The quantitative estimate of drug-likeness (QED) is 0.446. The highest BCUT2D eigenvalue weighted by molar-refractivity contribution is 5.39. The lowest BCUT2D eigenvalue weighted by atomic mass is 9.99. The fourth-order valence-corrected chi connectivity index (χ4v) is 3.26. The minimum Gasteiger partial charge on any atom is -0.508 e. The molecule has 1 saturated heterocycles. The molecule has 0 aliphatic carbocycles. The van der Waals surface area contributed by atoms with Gasteiger partial charge in [-0.3, -0.25) is 0 Å². The van der Waals surface area contributed by atoms with E-state index < -0.39 is 37.3 Å². The van der Waals surface area contributed by atoms with Crippen molar-refractivity contribution < 1.29 is 39.7 Å².